The summed E-state index contributed by atoms with van der Waals surface area (Å²) in [6.07, 6.45) is 0.122. The van der Waals surface area contributed by atoms with Crippen molar-refractivity contribution in [1.82, 2.24) is 5.06 Å². The van der Waals surface area contributed by atoms with E-state index in [1.807, 2.05) is 0 Å². The molecule has 6 heteroatoms. The molecule has 91 valence electrons. The van der Waals surface area contributed by atoms with Gasteiger partial charge in [-0.2, -0.15) is 0 Å². The predicted octanol–water partition coefficient (Wildman–Crippen LogP) is 0.147. The van der Waals surface area contributed by atoms with Gasteiger partial charge in [0.2, 0.25) is 0 Å². The third-order valence-corrected chi connectivity index (χ3v) is 3.19. The van der Waals surface area contributed by atoms with Crippen LogP contribution in [-0.4, -0.2) is 42.8 Å². The van der Waals surface area contributed by atoms with Crippen molar-refractivity contribution >= 4 is 11.9 Å². The lowest BCUT2D eigenvalue weighted by atomic mass is 9.93. The fraction of sp³-hybridized carbons (Fsp3) is 0.800. The summed E-state index contributed by atoms with van der Waals surface area (Å²) in [7, 11) is 2.48. The fourth-order valence-corrected chi connectivity index (χ4v) is 2.13. The molecular formula is C10H16NO5. The van der Waals surface area contributed by atoms with Crippen molar-refractivity contribution in [3.05, 3.63) is 0 Å². The normalized spacial score (nSPS) is 34.8. The number of hydrogen-bond donors (Lipinski definition) is 0. The van der Waals surface area contributed by atoms with E-state index in [-0.39, 0.29) is 6.42 Å². The number of ether oxygens (including phenoxy) is 2. The summed E-state index contributed by atoms with van der Waals surface area (Å²) in [6, 6.07) is -0.587. The summed E-state index contributed by atoms with van der Waals surface area (Å²) in [5.74, 6) is -1.69. The molecule has 0 amide bonds. The topological polar surface area (TPSA) is 75.7 Å². The molecule has 3 unspecified atom stereocenters. The number of rotatable bonds is 2. The Morgan fingerprint density at radius 2 is 1.88 bits per heavy atom. The Morgan fingerprint density at radius 3 is 2.31 bits per heavy atom. The van der Waals surface area contributed by atoms with E-state index in [1.54, 1.807) is 6.92 Å². The largest absolute Gasteiger partial charge is 0.469 e. The smallest absolute Gasteiger partial charge is 0.328 e. The lowest BCUT2D eigenvalue weighted by molar-refractivity contribution is -0.231. The number of nitrogens with zero attached hydrogens (tertiary/aromatic N) is 1. The molecule has 16 heavy (non-hydrogen) atoms. The molecule has 1 heterocycles. The second-order valence-electron chi connectivity index (χ2n) is 4.17. The minimum Gasteiger partial charge on any atom is -0.469 e. The Hall–Kier alpha value is -1.14. The van der Waals surface area contributed by atoms with E-state index in [0.717, 1.165) is 0 Å². The van der Waals surface area contributed by atoms with Crippen LogP contribution >= 0.6 is 0 Å². The summed E-state index contributed by atoms with van der Waals surface area (Å²) < 4.78 is 9.19. The van der Waals surface area contributed by atoms with Crippen molar-refractivity contribution in [2.24, 2.45) is 5.92 Å². The van der Waals surface area contributed by atoms with Crippen molar-refractivity contribution in [3.63, 3.8) is 0 Å². The molecular weight excluding hydrogens is 214 g/mol. The van der Waals surface area contributed by atoms with Crippen LogP contribution in [0.15, 0.2) is 0 Å². The molecule has 0 aromatic rings. The highest BCUT2D eigenvalue weighted by Crippen LogP contribution is 2.38. The molecule has 1 aliphatic heterocycles. The highest BCUT2D eigenvalue weighted by Gasteiger charge is 2.56. The molecule has 0 aromatic carbocycles. The summed E-state index contributed by atoms with van der Waals surface area (Å²) in [5, 5.41) is 12.5. The molecule has 1 aliphatic rings. The Kier molecular flexibility index (Phi) is 3.54. The fourth-order valence-electron chi connectivity index (χ4n) is 2.13. The summed E-state index contributed by atoms with van der Waals surface area (Å²) in [4.78, 5) is 23.0. The first-order valence-corrected chi connectivity index (χ1v) is 5.01. The zero-order valence-corrected chi connectivity index (χ0v) is 9.85. The first-order chi connectivity index (χ1) is 7.38. The lowest BCUT2D eigenvalue weighted by Crippen LogP contribution is -2.48. The molecule has 1 radical (unpaired) electrons. The first kappa shape index (κ1) is 12.9. The zero-order chi connectivity index (χ0) is 12.5. The Balaban J connectivity index is 2.94. The second kappa shape index (κ2) is 4.39. The zero-order valence-electron chi connectivity index (χ0n) is 9.85. The van der Waals surface area contributed by atoms with Gasteiger partial charge in [-0.25, -0.2) is 4.79 Å². The number of hydrogen-bond acceptors (Lipinski definition) is 5. The van der Waals surface area contributed by atoms with Crippen LogP contribution in [-0.2, 0) is 24.3 Å². The van der Waals surface area contributed by atoms with Gasteiger partial charge in [0.1, 0.15) is 5.54 Å². The van der Waals surface area contributed by atoms with E-state index in [2.05, 4.69) is 9.47 Å². The monoisotopic (exact) mass is 230 g/mol. The standard InChI is InChI=1S/C10H16NO5/c1-6-7(8(12)15-3)5-10(2,11(6)14)9(13)16-4/h6-7H,5H2,1-4H3. The van der Waals surface area contributed by atoms with Crippen LogP contribution in [0.5, 0.6) is 0 Å². The van der Waals surface area contributed by atoms with Crippen molar-refractivity contribution < 1.29 is 24.3 Å². The number of esters is 2. The molecule has 0 bridgehead atoms. The van der Waals surface area contributed by atoms with E-state index in [0.29, 0.717) is 5.06 Å². The molecule has 1 rings (SSSR count). The van der Waals surface area contributed by atoms with Gasteiger partial charge in [0.05, 0.1) is 26.2 Å². The molecule has 0 N–H and O–H groups in total. The number of carbonyl (C=O) groups is 2. The van der Waals surface area contributed by atoms with Gasteiger partial charge in [0.15, 0.2) is 0 Å². The van der Waals surface area contributed by atoms with Crippen LogP contribution in [0.4, 0.5) is 0 Å². The van der Waals surface area contributed by atoms with Gasteiger partial charge in [-0.15, -0.1) is 10.3 Å². The van der Waals surface area contributed by atoms with Gasteiger partial charge in [0.25, 0.3) is 0 Å². The highest BCUT2D eigenvalue weighted by molar-refractivity contribution is 5.83. The Bertz CT molecular complexity index is 306. The molecule has 0 spiro atoms. The average Bonchev–Trinajstić information content (AvgIpc) is 2.53. The third-order valence-electron chi connectivity index (χ3n) is 3.19. The first-order valence-electron chi connectivity index (χ1n) is 5.01. The summed E-state index contributed by atoms with van der Waals surface area (Å²) in [5.41, 5.74) is -1.30. The van der Waals surface area contributed by atoms with E-state index < -0.39 is 29.4 Å². The van der Waals surface area contributed by atoms with Crippen LogP contribution < -0.4 is 0 Å². The molecule has 0 saturated carbocycles. The SMILES string of the molecule is COC(=O)C1CC(C)(C(=O)OC)N([O])C1C. The van der Waals surface area contributed by atoms with Gasteiger partial charge in [-0.1, -0.05) is 0 Å². The van der Waals surface area contributed by atoms with Crippen molar-refractivity contribution in [2.45, 2.75) is 31.8 Å². The molecule has 1 saturated heterocycles. The van der Waals surface area contributed by atoms with Gasteiger partial charge in [0, 0.05) is 0 Å². The number of hydroxylamine groups is 2. The van der Waals surface area contributed by atoms with Crippen LogP contribution in [0.1, 0.15) is 20.3 Å². The number of methoxy groups -OCH3 is 2. The van der Waals surface area contributed by atoms with E-state index in [1.165, 1.54) is 21.1 Å². The van der Waals surface area contributed by atoms with E-state index in [4.69, 9.17) is 0 Å². The highest BCUT2D eigenvalue weighted by atomic mass is 16.6. The summed E-state index contributed by atoms with van der Waals surface area (Å²) in [6.45, 7) is 3.08. The molecule has 0 aromatic heterocycles. The second-order valence-corrected chi connectivity index (χ2v) is 4.17. The Morgan fingerprint density at radius 1 is 1.31 bits per heavy atom. The van der Waals surface area contributed by atoms with Crippen LogP contribution in [0, 0.1) is 5.92 Å². The van der Waals surface area contributed by atoms with Crippen molar-refractivity contribution in [2.75, 3.05) is 14.2 Å². The predicted molar refractivity (Wildman–Crippen MR) is 52.5 cm³/mol. The summed E-state index contributed by atoms with van der Waals surface area (Å²) >= 11 is 0. The van der Waals surface area contributed by atoms with Crippen molar-refractivity contribution in [3.8, 4) is 0 Å². The van der Waals surface area contributed by atoms with Gasteiger partial charge >= 0.3 is 11.9 Å². The van der Waals surface area contributed by atoms with E-state index in [9.17, 15) is 14.8 Å². The molecule has 3 atom stereocenters. The maximum Gasteiger partial charge on any atom is 0.328 e. The minimum atomic E-state index is -1.30. The van der Waals surface area contributed by atoms with Crippen LogP contribution in [0.25, 0.3) is 0 Å². The minimum absolute atomic E-state index is 0.122. The number of carbonyl (C=O) groups excluding carboxylic acids is 2. The van der Waals surface area contributed by atoms with E-state index >= 15 is 0 Å². The molecule has 0 aliphatic carbocycles. The van der Waals surface area contributed by atoms with Gasteiger partial charge < -0.3 is 9.47 Å². The van der Waals surface area contributed by atoms with Gasteiger partial charge in [-0.3, -0.25) is 4.79 Å². The average molecular weight is 230 g/mol. The molecule has 1 fully saturated rings. The van der Waals surface area contributed by atoms with Crippen LogP contribution in [0.3, 0.4) is 0 Å². The van der Waals surface area contributed by atoms with Gasteiger partial charge in [-0.05, 0) is 20.3 Å². The maximum absolute atomic E-state index is 11.9. The third kappa shape index (κ3) is 1.78. The maximum atomic E-state index is 11.9. The van der Waals surface area contributed by atoms with Crippen molar-refractivity contribution in [1.29, 1.82) is 0 Å². The van der Waals surface area contributed by atoms with Crippen LogP contribution in [0.2, 0.25) is 0 Å². The quantitative estimate of drug-likeness (QED) is 0.631. The Labute approximate surface area is 94.1 Å². The molecule has 6 nitrogen and oxygen atoms in total. The lowest BCUT2D eigenvalue weighted by Gasteiger charge is -2.26.